The van der Waals surface area contributed by atoms with Gasteiger partial charge in [0.15, 0.2) is 6.54 Å². The molecule has 0 unspecified atom stereocenters. The van der Waals surface area contributed by atoms with E-state index in [1.165, 1.54) is 16.4 Å². The molecule has 1 heterocycles. The van der Waals surface area contributed by atoms with Crippen LogP contribution in [-0.4, -0.2) is 57.4 Å². The maximum Gasteiger partial charge on any atom is 0.275 e. The lowest BCUT2D eigenvalue weighted by atomic mass is 10.3. The molecule has 1 aromatic rings. The number of nitrogens with one attached hydrogen (secondary N) is 2. The number of quaternary nitrogens is 1. The van der Waals surface area contributed by atoms with Crippen molar-refractivity contribution in [1.29, 1.82) is 0 Å². The van der Waals surface area contributed by atoms with Gasteiger partial charge >= 0.3 is 0 Å². The zero-order valence-corrected chi connectivity index (χ0v) is 14.7. The summed E-state index contributed by atoms with van der Waals surface area (Å²) in [5, 5.41) is 3.08. The van der Waals surface area contributed by atoms with Gasteiger partial charge in [0, 0.05) is 11.1 Å². The number of benzene rings is 1. The van der Waals surface area contributed by atoms with E-state index in [0.717, 1.165) is 23.8 Å². The molecule has 0 radical (unpaired) electrons. The Bertz CT molecular complexity index is 731. The molecule has 2 fully saturated rings. The van der Waals surface area contributed by atoms with E-state index in [9.17, 15) is 17.6 Å². The third-order valence-electron chi connectivity index (χ3n) is 4.29. The van der Waals surface area contributed by atoms with E-state index >= 15 is 0 Å². The Kier molecular flexibility index (Phi) is 5.10. The second-order valence-corrected chi connectivity index (χ2v) is 8.59. The van der Waals surface area contributed by atoms with Crippen LogP contribution < -0.4 is 10.2 Å². The van der Waals surface area contributed by atoms with Crippen LogP contribution in [0.3, 0.4) is 0 Å². The number of sulfonamides is 1. The lowest BCUT2D eigenvalue weighted by molar-refractivity contribution is -0.895. The van der Waals surface area contributed by atoms with E-state index in [1.807, 2.05) is 0 Å². The van der Waals surface area contributed by atoms with E-state index in [0.29, 0.717) is 25.7 Å². The van der Waals surface area contributed by atoms with Crippen molar-refractivity contribution in [2.45, 2.75) is 23.8 Å². The monoisotopic (exact) mass is 376 g/mol. The molecular formula is C15H20ClFN3O3S+. The fourth-order valence-corrected chi connectivity index (χ4v) is 4.42. The van der Waals surface area contributed by atoms with Gasteiger partial charge in [0.25, 0.3) is 5.91 Å². The normalized spacial score (nSPS) is 20.1. The molecule has 6 nitrogen and oxygen atoms in total. The quantitative estimate of drug-likeness (QED) is 0.737. The Morgan fingerprint density at radius 2 is 2.00 bits per heavy atom. The Balaban J connectivity index is 1.59. The van der Waals surface area contributed by atoms with E-state index < -0.39 is 15.8 Å². The molecule has 1 saturated heterocycles. The Labute approximate surface area is 145 Å². The molecule has 2 aliphatic rings. The van der Waals surface area contributed by atoms with Crippen molar-refractivity contribution in [2.24, 2.45) is 0 Å². The summed E-state index contributed by atoms with van der Waals surface area (Å²) in [5.41, 5.74) is 0. The van der Waals surface area contributed by atoms with Crippen molar-refractivity contribution in [1.82, 2.24) is 9.62 Å². The van der Waals surface area contributed by atoms with Gasteiger partial charge in [-0.05, 0) is 31.0 Å². The van der Waals surface area contributed by atoms with Crippen molar-refractivity contribution < 1.29 is 22.5 Å². The Hall–Kier alpha value is -1.22. The van der Waals surface area contributed by atoms with Gasteiger partial charge in [0.1, 0.15) is 10.7 Å². The molecule has 9 heteroatoms. The van der Waals surface area contributed by atoms with Crippen LogP contribution in [0.4, 0.5) is 4.39 Å². The SMILES string of the molecule is O=C(C[NH+]1CCN(S(=O)(=O)c2ccc(Cl)cc2F)CC1)NC1CC1. The maximum atomic E-state index is 13.9. The largest absolute Gasteiger partial charge is 0.348 e. The minimum absolute atomic E-state index is 0.00699. The smallest absolute Gasteiger partial charge is 0.275 e. The lowest BCUT2D eigenvalue weighted by Crippen LogP contribution is -3.15. The summed E-state index contributed by atoms with van der Waals surface area (Å²) in [7, 11) is -3.88. The van der Waals surface area contributed by atoms with E-state index in [1.54, 1.807) is 0 Å². The number of amides is 1. The van der Waals surface area contributed by atoms with Crippen LogP contribution in [-0.2, 0) is 14.8 Å². The summed E-state index contributed by atoms with van der Waals surface area (Å²) in [4.78, 5) is 12.5. The van der Waals surface area contributed by atoms with Gasteiger partial charge in [-0.1, -0.05) is 11.6 Å². The van der Waals surface area contributed by atoms with Crippen molar-refractivity contribution in [3.8, 4) is 0 Å². The number of halogens is 2. The van der Waals surface area contributed by atoms with Crippen LogP contribution in [0.15, 0.2) is 23.1 Å². The average molecular weight is 377 g/mol. The molecule has 0 bridgehead atoms. The van der Waals surface area contributed by atoms with Gasteiger partial charge in [-0.3, -0.25) is 4.79 Å². The summed E-state index contributed by atoms with van der Waals surface area (Å²) in [6.45, 7) is 1.91. The molecule has 24 heavy (non-hydrogen) atoms. The van der Waals surface area contributed by atoms with Crippen molar-refractivity contribution in [3.63, 3.8) is 0 Å². The fourth-order valence-electron chi connectivity index (χ4n) is 2.78. The van der Waals surface area contributed by atoms with Gasteiger partial charge in [-0.15, -0.1) is 0 Å². The summed E-state index contributed by atoms with van der Waals surface area (Å²) in [6.07, 6.45) is 2.08. The zero-order chi connectivity index (χ0) is 17.3. The first-order valence-corrected chi connectivity index (χ1v) is 9.76. The number of rotatable bonds is 5. The molecule has 1 aliphatic carbocycles. The predicted octanol–water partition coefficient (Wildman–Crippen LogP) is -0.353. The zero-order valence-electron chi connectivity index (χ0n) is 13.1. The van der Waals surface area contributed by atoms with Crippen LogP contribution in [0.25, 0.3) is 0 Å². The molecule has 0 aromatic heterocycles. The van der Waals surface area contributed by atoms with Crippen LogP contribution in [0.2, 0.25) is 5.02 Å². The number of carbonyl (C=O) groups is 1. The molecular weight excluding hydrogens is 357 g/mol. The summed E-state index contributed by atoms with van der Waals surface area (Å²) < 4.78 is 40.3. The van der Waals surface area contributed by atoms with Gasteiger partial charge < -0.3 is 10.2 Å². The molecule has 1 aromatic carbocycles. The maximum absolute atomic E-state index is 13.9. The molecule has 0 spiro atoms. The average Bonchev–Trinajstić information content (AvgIpc) is 3.31. The van der Waals surface area contributed by atoms with E-state index in [-0.39, 0.29) is 28.9 Å². The Morgan fingerprint density at radius 1 is 1.33 bits per heavy atom. The van der Waals surface area contributed by atoms with Gasteiger partial charge in [-0.2, -0.15) is 4.31 Å². The van der Waals surface area contributed by atoms with Crippen LogP contribution in [0, 0.1) is 5.82 Å². The first-order valence-electron chi connectivity index (χ1n) is 7.94. The van der Waals surface area contributed by atoms with Crippen molar-refractivity contribution in [2.75, 3.05) is 32.7 Å². The topological polar surface area (TPSA) is 70.9 Å². The highest BCUT2D eigenvalue weighted by Gasteiger charge is 2.33. The molecule has 2 N–H and O–H groups in total. The number of piperazine rings is 1. The lowest BCUT2D eigenvalue weighted by Gasteiger charge is -2.31. The highest BCUT2D eigenvalue weighted by molar-refractivity contribution is 7.89. The van der Waals surface area contributed by atoms with E-state index in [4.69, 9.17) is 11.6 Å². The molecule has 0 atom stereocenters. The van der Waals surface area contributed by atoms with Crippen molar-refractivity contribution >= 4 is 27.5 Å². The third-order valence-corrected chi connectivity index (χ3v) is 6.46. The highest BCUT2D eigenvalue weighted by atomic mass is 35.5. The number of nitrogens with zero attached hydrogens (tertiary/aromatic N) is 1. The summed E-state index contributed by atoms with van der Waals surface area (Å²) in [6, 6.07) is 3.88. The number of carbonyl (C=O) groups excluding carboxylic acids is 1. The fraction of sp³-hybridized carbons (Fsp3) is 0.533. The molecule has 1 amide bonds. The second kappa shape index (κ2) is 6.95. The molecule has 1 saturated carbocycles. The number of hydrogen-bond donors (Lipinski definition) is 2. The molecule has 1 aliphatic heterocycles. The predicted molar refractivity (Wildman–Crippen MR) is 86.9 cm³/mol. The van der Waals surface area contributed by atoms with Gasteiger partial charge in [-0.25, -0.2) is 12.8 Å². The summed E-state index contributed by atoms with van der Waals surface area (Å²) >= 11 is 5.67. The van der Waals surface area contributed by atoms with Crippen LogP contribution in [0.1, 0.15) is 12.8 Å². The minimum atomic E-state index is -3.88. The minimum Gasteiger partial charge on any atom is -0.348 e. The van der Waals surface area contributed by atoms with Gasteiger partial charge in [0.2, 0.25) is 10.0 Å². The number of hydrogen-bond acceptors (Lipinski definition) is 3. The third kappa shape index (κ3) is 4.05. The van der Waals surface area contributed by atoms with Crippen LogP contribution in [0.5, 0.6) is 0 Å². The highest BCUT2D eigenvalue weighted by Crippen LogP contribution is 2.22. The second-order valence-electron chi connectivity index (χ2n) is 6.25. The first-order chi connectivity index (χ1) is 11.4. The Morgan fingerprint density at radius 3 is 2.58 bits per heavy atom. The standard InChI is InChI=1S/C15H19ClFN3O3S/c16-11-1-4-14(13(17)9-11)24(22,23)20-7-5-19(6-8-20)10-15(21)18-12-2-3-12/h1,4,9,12H,2-3,5-8,10H2,(H,18,21)/p+1. The van der Waals surface area contributed by atoms with Crippen LogP contribution >= 0.6 is 11.6 Å². The first kappa shape index (κ1) is 17.6. The van der Waals surface area contributed by atoms with Gasteiger partial charge in [0.05, 0.1) is 26.2 Å². The van der Waals surface area contributed by atoms with Crippen molar-refractivity contribution in [3.05, 3.63) is 29.0 Å². The summed E-state index contributed by atoms with van der Waals surface area (Å²) in [5.74, 6) is -0.839. The molecule has 132 valence electrons. The molecule has 3 rings (SSSR count). The van der Waals surface area contributed by atoms with E-state index in [2.05, 4.69) is 5.32 Å².